The lowest BCUT2D eigenvalue weighted by molar-refractivity contribution is 0.0867. The Bertz CT molecular complexity index is 410. The number of aliphatic hydroxyl groups is 1. The number of nitrogens with one attached hydrogen (secondary N) is 1. The van der Waals surface area contributed by atoms with E-state index in [9.17, 15) is 9.90 Å². The Hall–Kier alpha value is -1.56. The Morgan fingerprint density at radius 3 is 3.06 bits per heavy atom. The molecular weight excluding hydrogens is 232 g/mol. The van der Waals surface area contributed by atoms with Gasteiger partial charge in [-0.25, -0.2) is 0 Å². The number of hydrogen-bond acceptors (Lipinski definition) is 4. The molecule has 0 radical (unpaired) electrons. The van der Waals surface area contributed by atoms with Crippen molar-refractivity contribution < 1.29 is 9.90 Å². The van der Waals surface area contributed by atoms with E-state index >= 15 is 0 Å². The first-order valence-electron chi connectivity index (χ1n) is 6.31. The van der Waals surface area contributed by atoms with Gasteiger partial charge in [-0.1, -0.05) is 6.42 Å². The molecule has 1 saturated carbocycles. The van der Waals surface area contributed by atoms with E-state index in [1.54, 1.807) is 7.05 Å². The molecule has 2 unspecified atom stereocenters. The first kappa shape index (κ1) is 12.9. The Labute approximate surface area is 106 Å². The highest BCUT2D eigenvalue weighted by molar-refractivity contribution is 5.97. The second-order valence-electron chi connectivity index (χ2n) is 4.97. The van der Waals surface area contributed by atoms with E-state index in [1.807, 2.05) is 0 Å². The number of hydrogen-bond donors (Lipinski definition) is 3. The summed E-state index contributed by atoms with van der Waals surface area (Å²) in [6.45, 7) is 0.584. The van der Waals surface area contributed by atoms with Gasteiger partial charge in [0.2, 0.25) is 0 Å². The number of anilines is 1. The molecule has 1 aliphatic rings. The molecule has 6 heteroatoms. The van der Waals surface area contributed by atoms with Crippen molar-refractivity contribution in [1.29, 1.82) is 0 Å². The van der Waals surface area contributed by atoms with Crippen LogP contribution >= 0.6 is 0 Å². The van der Waals surface area contributed by atoms with E-state index < -0.39 is 0 Å². The van der Waals surface area contributed by atoms with E-state index in [0.29, 0.717) is 23.8 Å². The predicted octanol–water partition coefficient (Wildman–Crippen LogP) is 0.283. The summed E-state index contributed by atoms with van der Waals surface area (Å²) in [5, 5.41) is 16.4. The maximum atomic E-state index is 12.0. The highest BCUT2D eigenvalue weighted by Gasteiger charge is 2.22. The molecule has 1 fully saturated rings. The number of aryl methyl sites for hydroxylation is 1. The lowest BCUT2D eigenvalue weighted by Crippen LogP contribution is -2.34. The minimum absolute atomic E-state index is 0.201. The number of nitrogens with two attached hydrogens (primary N) is 1. The highest BCUT2D eigenvalue weighted by Crippen LogP contribution is 2.23. The fourth-order valence-corrected chi connectivity index (χ4v) is 2.50. The average Bonchev–Trinajstić information content (AvgIpc) is 2.66. The van der Waals surface area contributed by atoms with Crippen LogP contribution in [0, 0.1) is 5.92 Å². The average molecular weight is 252 g/mol. The van der Waals surface area contributed by atoms with Crippen molar-refractivity contribution in [2.24, 2.45) is 13.0 Å². The third kappa shape index (κ3) is 2.81. The standard InChI is InChI=1S/C12H20N4O2/c1-16-11(10(13)7-15-16)12(18)14-6-8-3-2-4-9(17)5-8/h7-9,17H,2-6,13H2,1H3,(H,14,18). The monoisotopic (exact) mass is 252 g/mol. The summed E-state index contributed by atoms with van der Waals surface area (Å²) in [6, 6.07) is 0. The maximum absolute atomic E-state index is 12.0. The zero-order chi connectivity index (χ0) is 13.1. The van der Waals surface area contributed by atoms with Gasteiger partial charge in [-0.15, -0.1) is 0 Å². The highest BCUT2D eigenvalue weighted by atomic mass is 16.3. The topological polar surface area (TPSA) is 93.2 Å². The van der Waals surface area contributed by atoms with Crippen LogP contribution in [0.5, 0.6) is 0 Å². The second-order valence-corrected chi connectivity index (χ2v) is 4.97. The van der Waals surface area contributed by atoms with Crippen LogP contribution in [0.2, 0.25) is 0 Å². The quantitative estimate of drug-likeness (QED) is 0.720. The minimum Gasteiger partial charge on any atom is -0.396 e. The fourth-order valence-electron chi connectivity index (χ4n) is 2.50. The summed E-state index contributed by atoms with van der Waals surface area (Å²) in [7, 11) is 1.69. The normalized spacial score (nSPS) is 23.9. The van der Waals surface area contributed by atoms with Crippen molar-refractivity contribution in [3.8, 4) is 0 Å². The summed E-state index contributed by atoms with van der Waals surface area (Å²) < 4.78 is 1.47. The molecule has 100 valence electrons. The summed E-state index contributed by atoms with van der Waals surface area (Å²) in [5.41, 5.74) is 6.47. The number of amides is 1. The molecule has 0 aliphatic heterocycles. The van der Waals surface area contributed by atoms with Crippen LogP contribution in [0.1, 0.15) is 36.2 Å². The van der Waals surface area contributed by atoms with E-state index in [2.05, 4.69) is 10.4 Å². The van der Waals surface area contributed by atoms with Crippen LogP contribution in [0.4, 0.5) is 5.69 Å². The van der Waals surface area contributed by atoms with Crippen LogP contribution in [0.3, 0.4) is 0 Å². The molecule has 1 heterocycles. The first-order chi connectivity index (χ1) is 8.58. The summed E-state index contributed by atoms with van der Waals surface area (Å²) in [4.78, 5) is 12.0. The van der Waals surface area contributed by atoms with Gasteiger partial charge in [-0.05, 0) is 25.2 Å². The summed E-state index contributed by atoms with van der Waals surface area (Å²) in [6.07, 6.45) is 4.97. The number of nitrogens with zero attached hydrogens (tertiary/aromatic N) is 2. The first-order valence-corrected chi connectivity index (χ1v) is 6.31. The Morgan fingerprint density at radius 1 is 1.67 bits per heavy atom. The number of rotatable bonds is 3. The van der Waals surface area contributed by atoms with Crippen LogP contribution in [0.25, 0.3) is 0 Å². The summed E-state index contributed by atoms with van der Waals surface area (Å²) in [5.74, 6) is 0.153. The molecule has 0 bridgehead atoms. The lowest BCUT2D eigenvalue weighted by atomic mass is 9.87. The van der Waals surface area contributed by atoms with Gasteiger partial charge in [0.15, 0.2) is 0 Å². The molecule has 1 aromatic rings. The Morgan fingerprint density at radius 2 is 2.44 bits per heavy atom. The molecule has 1 amide bonds. The smallest absolute Gasteiger partial charge is 0.271 e. The zero-order valence-electron chi connectivity index (χ0n) is 10.6. The van der Waals surface area contributed by atoms with E-state index in [0.717, 1.165) is 25.7 Å². The van der Waals surface area contributed by atoms with Gasteiger partial charge < -0.3 is 16.2 Å². The Kier molecular flexibility index (Phi) is 3.86. The Balaban J connectivity index is 1.88. The molecule has 4 N–H and O–H groups in total. The summed E-state index contributed by atoms with van der Waals surface area (Å²) >= 11 is 0. The van der Waals surface area contributed by atoms with Gasteiger partial charge in [0, 0.05) is 13.6 Å². The van der Waals surface area contributed by atoms with Gasteiger partial charge in [0.25, 0.3) is 5.91 Å². The van der Waals surface area contributed by atoms with Crippen molar-refractivity contribution in [1.82, 2.24) is 15.1 Å². The molecular formula is C12H20N4O2. The molecule has 2 atom stereocenters. The minimum atomic E-state index is -0.220. The third-order valence-corrected chi connectivity index (χ3v) is 3.49. The van der Waals surface area contributed by atoms with E-state index in [-0.39, 0.29) is 12.0 Å². The number of carbonyl (C=O) groups excluding carboxylic acids is 1. The molecule has 0 saturated heterocycles. The van der Waals surface area contributed by atoms with Crippen LogP contribution in [-0.2, 0) is 7.05 Å². The van der Waals surface area contributed by atoms with Crippen molar-refractivity contribution >= 4 is 11.6 Å². The SMILES string of the molecule is Cn1ncc(N)c1C(=O)NCC1CCCC(O)C1. The van der Waals surface area contributed by atoms with Gasteiger partial charge in [0.1, 0.15) is 5.69 Å². The number of nitrogen functional groups attached to an aromatic ring is 1. The molecule has 0 aromatic carbocycles. The number of aromatic nitrogens is 2. The molecule has 1 aromatic heterocycles. The van der Waals surface area contributed by atoms with Crippen molar-refractivity contribution in [3.63, 3.8) is 0 Å². The van der Waals surface area contributed by atoms with Crippen molar-refractivity contribution in [2.45, 2.75) is 31.8 Å². The van der Waals surface area contributed by atoms with Crippen molar-refractivity contribution in [3.05, 3.63) is 11.9 Å². The van der Waals surface area contributed by atoms with E-state index in [1.165, 1.54) is 10.9 Å². The lowest BCUT2D eigenvalue weighted by Gasteiger charge is -2.25. The van der Waals surface area contributed by atoms with Crippen molar-refractivity contribution in [2.75, 3.05) is 12.3 Å². The molecule has 2 rings (SSSR count). The van der Waals surface area contributed by atoms with Crippen LogP contribution in [-0.4, -0.2) is 33.4 Å². The number of carbonyl (C=O) groups is 1. The zero-order valence-corrected chi connectivity index (χ0v) is 10.6. The van der Waals surface area contributed by atoms with Crippen LogP contribution < -0.4 is 11.1 Å². The van der Waals surface area contributed by atoms with Gasteiger partial charge >= 0.3 is 0 Å². The molecule has 6 nitrogen and oxygen atoms in total. The van der Waals surface area contributed by atoms with Gasteiger partial charge in [0.05, 0.1) is 18.0 Å². The van der Waals surface area contributed by atoms with Crippen LogP contribution in [0.15, 0.2) is 6.20 Å². The van der Waals surface area contributed by atoms with E-state index in [4.69, 9.17) is 5.73 Å². The molecule has 0 spiro atoms. The second kappa shape index (κ2) is 5.39. The predicted molar refractivity (Wildman–Crippen MR) is 67.9 cm³/mol. The number of aliphatic hydroxyl groups excluding tert-OH is 1. The third-order valence-electron chi connectivity index (χ3n) is 3.49. The molecule has 1 aliphatic carbocycles. The largest absolute Gasteiger partial charge is 0.396 e. The van der Waals surface area contributed by atoms with Gasteiger partial charge in [-0.3, -0.25) is 9.48 Å². The van der Waals surface area contributed by atoms with Gasteiger partial charge in [-0.2, -0.15) is 5.10 Å². The maximum Gasteiger partial charge on any atom is 0.271 e. The fraction of sp³-hybridized carbons (Fsp3) is 0.667. The molecule has 18 heavy (non-hydrogen) atoms.